The molecule has 2 saturated carbocycles. The third-order valence-electron chi connectivity index (χ3n) is 5.07. The minimum absolute atomic E-state index is 0.0252. The van der Waals surface area contributed by atoms with Gasteiger partial charge in [-0.15, -0.1) is 0 Å². The van der Waals surface area contributed by atoms with Gasteiger partial charge < -0.3 is 10.4 Å². The second-order valence-electron chi connectivity index (χ2n) is 7.04. The van der Waals surface area contributed by atoms with Crippen molar-refractivity contribution in [2.24, 2.45) is 11.8 Å². The van der Waals surface area contributed by atoms with Gasteiger partial charge in [0.05, 0.1) is 22.8 Å². The second kappa shape index (κ2) is 7.15. The number of benzene rings is 1. The molecule has 0 bridgehead atoms. The Balaban J connectivity index is 1.63. The lowest BCUT2D eigenvalue weighted by Gasteiger charge is -2.21. The highest BCUT2D eigenvalue weighted by Crippen LogP contribution is 2.39. The summed E-state index contributed by atoms with van der Waals surface area (Å²) in [5.41, 5.74) is 1.16. The van der Waals surface area contributed by atoms with Gasteiger partial charge in [0.25, 0.3) is 0 Å². The van der Waals surface area contributed by atoms with Gasteiger partial charge in [0.2, 0.25) is 5.91 Å². The molecule has 2 aliphatic rings. The molecule has 6 nitrogen and oxygen atoms in total. The molecule has 1 aromatic carbocycles. The van der Waals surface area contributed by atoms with E-state index in [2.05, 4.69) is 5.32 Å². The van der Waals surface area contributed by atoms with Crippen LogP contribution in [0.15, 0.2) is 24.3 Å². The maximum atomic E-state index is 12.6. The summed E-state index contributed by atoms with van der Waals surface area (Å²) in [6.07, 6.45) is 4.86. The van der Waals surface area contributed by atoms with Crippen LogP contribution in [0.1, 0.15) is 44.1 Å². The van der Waals surface area contributed by atoms with Crippen molar-refractivity contribution >= 4 is 27.4 Å². The Hall–Kier alpha value is -1.89. The van der Waals surface area contributed by atoms with Crippen LogP contribution in [0.3, 0.4) is 0 Å². The lowest BCUT2D eigenvalue weighted by Crippen LogP contribution is -2.25. The molecule has 136 valence electrons. The number of sulfone groups is 1. The van der Waals surface area contributed by atoms with Crippen molar-refractivity contribution in [1.29, 1.82) is 0 Å². The van der Waals surface area contributed by atoms with E-state index in [9.17, 15) is 18.0 Å². The lowest BCUT2D eigenvalue weighted by atomic mass is 10.0. The number of amides is 1. The smallest absolute Gasteiger partial charge is 0.307 e. The summed E-state index contributed by atoms with van der Waals surface area (Å²) in [7, 11) is -3.20. The van der Waals surface area contributed by atoms with E-state index in [0.717, 1.165) is 32.1 Å². The van der Waals surface area contributed by atoms with E-state index in [0.29, 0.717) is 17.7 Å². The van der Waals surface area contributed by atoms with Crippen molar-refractivity contribution in [2.45, 2.75) is 49.5 Å². The first-order chi connectivity index (χ1) is 11.9. The van der Waals surface area contributed by atoms with Gasteiger partial charge in [0.15, 0.2) is 9.84 Å². The van der Waals surface area contributed by atoms with Crippen LogP contribution in [0.25, 0.3) is 0 Å². The van der Waals surface area contributed by atoms with Crippen LogP contribution >= 0.6 is 0 Å². The van der Waals surface area contributed by atoms with Crippen molar-refractivity contribution in [3.63, 3.8) is 0 Å². The molecule has 0 aliphatic heterocycles. The highest BCUT2D eigenvalue weighted by atomic mass is 32.2. The second-order valence-corrected chi connectivity index (χ2v) is 9.32. The summed E-state index contributed by atoms with van der Waals surface area (Å²) in [5, 5.41) is 11.3. The number of hydrogen-bond acceptors (Lipinski definition) is 4. The summed E-state index contributed by atoms with van der Waals surface area (Å²) in [5.74, 6) is -2.39. The fraction of sp³-hybridized carbons (Fsp3) is 0.556. The average molecular weight is 365 g/mol. The minimum Gasteiger partial charge on any atom is -0.481 e. The molecule has 2 aliphatic carbocycles. The number of hydrogen-bond donors (Lipinski definition) is 2. The normalized spacial score (nSPS) is 23.8. The molecule has 25 heavy (non-hydrogen) atoms. The molecule has 7 heteroatoms. The molecule has 0 spiro atoms. The van der Waals surface area contributed by atoms with Gasteiger partial charge in [-0.2, -0.15) is 0 Å². The fourth-order valence-electron chi connectivity index (χ4n) is 3.51. The topological polar surface area (TPSA) is 101 Å². The maximum Gasteiger partial charge on any atom is 0.307 e. The number of aliphatic carboxylic acids is 1. The summed E-state index contributed by atoms with van der Waals surface area (Å²) in [4.78, 5) is 22.9. The van der Waals surface area contributed by atoms with Crippen molar-refractivity contribution in [3.8, 4) is 0 Å². The van der Waals surface area contributed by atoms with Crippen molar-refractivity contribution in [2.75, 3.05) is 5.32 Å². The number of carboxylic acids is 1. The minimum atomic E-state index is -3.20. The summed E-state index contributed by atoms with van der Waals surface area (Å²) < 4.78 is 25.1. The SMILES string of the molecule is O=C(O)C1CC1C(=O)Nc1cccc(CS(=O)(=O)C2CCCCC2)c1. The quantitative estimate of drug-likeness (QED) is 0.807. The Labute approximate surface area is 147 Å². The van der Waals surface area contributed by atoms with Crippen LogP contribution in [0.4, 0.5) is 5.69 Å². The van der Waals surface area contributed by atoms with Gasteiger partial charge in [-0.3, -0.25) is 9.59 Å². The first-order valence-electron chi connectivity index (χ1n) is 8.71. The molecule has 2 atom stereocenters. The molecule has 0 saturated heterocycles. The van der Waals surface area contributed by atoms with Crippen LogP contribution < -0.4 is 5.32 Å². The molecule has 0 radical (unpaired) electrons. The van der Waals surface area contributed by atoms with E-state index in [4.69, 9.17) is 5.11 Å². The van der Waals surface area contributed by atoms with E-state index in [1.165, 1.54) is 0 Å². The lowest BCUT2D eigenvalue weighted by molar-refractivity contribution is -0.139. The number of carbonyl (C=O) groups excluding carboxylic acids is 1. The highest BCUT2D eigenvalue weighted by molar-refractivity contribution is 7.91. The molecule has 2 fully saturated rings. The maximum absolute atomic E-state index is 12.6. The van der Waals surface area contributed by atoms with E-state index >= 15 is 0 Å². The van der Waals surface area contributed by atoms with E-state index in [1.807, 2.05) is 0 Å². The predicted molar refractivity (Wildman–Crippen MR) is 93.8 cm³/mol. The molecule has 3 rings (SSSR count). The Morgan fingerprint density at radius 1 is 1.12 bits per heavy atom. The zero-order valence-electron chi connectivity index (χ0n) is 14.0. The molecule has 2 N–H and O–H groups in total. The highest BCUT2D eigenvalue weighted by Gasteiger charge is 2.48. The van der Waals surface area contributed by atoms with Gasteiger partial charge in [-0.05, 0) is 37.0 Å². The standard InChI is InChI=1S/C18H23NO5S/c20-17(15-10-16(15)18(21)22)19-13-6-4-5-12(9-13)11-25(23,24)14-7-2-1-3-8-14/h4-6,9,14-16H,1-3,7-8,10-11H2,(H,19,20)(H,21,22). The first kappa shape index (κ1) is 17.9. The number of carboxylic acid groups (broad SMARTS) is 1. The largest absolute Gasteiger partial charge is 0.481 e. The molecule has 0 aromatic heterocycles. The van der Waals surface area contributed by atoms with E-state index < -0.39 is 27.6 Å². The molecular weight excluding hydrogens is 342 g/mol. The Kier molecular flexibility index (Phi) is 5.13. The van der Waals surface area contributed by atoms with Crippen LogP contribution in [0.5, 0.6) is 0 Å². The first-order valence-corrected chi connectivity index (χ1v) is 10.4. The predicted octanol–water partition coefficient (Wildman–Crippen LogP) is 2.59. The molecule has 1 amide bonds. The van der Waals surface area contributed by atoms with E-state index in [1.54, 1.807) is 24.3 Å². The molecule has 1 aromatic rings. The Morgan fingerprint density at radius 3 is 2.48 bits per heavy atom. The average Bonchev–Trinajstić information content (AvgIpc) is 3.36. The van der Waals surface area contributed by atoms with Gasteiger partial charge in [-0.1, -0.05) is 31.4 Å². The zero-order valence-corrected chi connectivity index (χ0v) is 14.8. The third kappa shape index (κ3) is 4.39. The number of anilines is 1. The van der Waals surface area contributed by atoms with Gasteiger partial charge >= 0.3 is 5.97 Å². The van der Waals surface area contributed by atoms with Gasteiger partial charge in [0, 0.05) is 5.69 Å². The van der Waals surface area contributed by atoms with Crippen LogP contribution in [0, 0.1) is 11.8 Å². The van der Waals surface area contributed by atoms with Gasteiger partial charge in [0.1, 0.15) is 0 Å². The number of carbonyl (C=O) groups is 2. The monoisotopic (exact) mass is 365 g/mol. The van der Waals surface area contributed by atoms with Crippen molar-refractivity contribution in [1.82, 2.24) is 0 Å². The van der Waals surface area contributed by atoms with Crippen LogP contribution in [-0.4, -0.2) is 30.7 Å². The molecule has 0 heterocycles. The van der Waals surface area contributed by atoms with Crippen LogP contribution in [0.2, 0.25) is 0 Å². The van der Waals surface area contributed by atoms with Gasteiger partial charge in [-0.25, -0.2) is 8.42 Å². The zero-order chi connectivity index (χ0) is 18.0. The Bertz CT molecular complexity index is 767. The molecule has 2 unspecified atom stereocenters. The van der Waals surface area contributed by atoms with Crippen molar-refractivity contribution in [3.05, 3.63) is 29.8 Å². The van der Waals surface area contributed by atoms with Crippen LogP contribution in [-0.2, 0) is 25.2 Å². The summed E-state index contributed by atoms with van der Waals surface area (Å²) in [6.45, 7) is 0. The Morgan fingerprint density at radius 2 is 1.84 bits per heavy atom. The van der Waals surface area contributed by atoms with Crippen molar-refractivity contribution < 1.29 is 23.1 Å². The molecular formula is C18H23NO5S. The third-order valence-corrected chi connectivity index (χ3v) is 7.29. The summed E-state index contributed by atoms with van der Waals surface area (Å²) in [6, 6.07) is 6.80. The fourth-order valence-corrected chi connectivity index (χ4v) is 5.44. The van der Waals surface area contributed by atoms with E-state index in [-0.39, 0.29) is 16.9 Å². The number of rotatable bonds is 6. The summed E-state index contributed by atoms with van der Waals surface area (Å²) >= 11 is 0. The number of nitrogens with one attached hydrogen (secondary N) is 1.